The number of rotatable bonds is 0. The van der Waals surface area contributed by atoms with Crippen LogP contribution in [0.5, 0.6) is 5.75 Å². The molecule has 3 aliphatic rings. The zero-order chi connectivity index (χ0) is 14.2. The van der Waals surface area contributed by atoms with E-state index >= 15 is 0 Å². The lowest BCUT2D eigenvalue weighted by Gasteiger charge is -2.55. The summed E-state index contributed by atoms with van der Waals surface area (Å²) in [6, 6.07) is 8.08. The molecule has 108 valence electrons. The van der Waals surface area contributed by atoms with E-state index in [2.05, 4.69) is 26.8 Å². The van der Waals surface area contributed by atoms with Crippen LogP contribution in [0.3, 0.4) is 0 Å². The maximum atomic E-state index is 10.2. The SMILES string of the molecule is CC1(C)[C@H]2CC[C@](C)(C2)[C@@]12O[P@@](O)Oc1ccccc12. The minimum absolute atomic E-state index is 0.0171. The van der Waals surface area contributed by atoms with E-state index in [9.17, 15) is 4.89 Å². The van der Waals surface area contributed by atoms with Crippen molar-refractivity contribution in [2.45, 2.75) is 45.6 Å². The molecule has 2 aliphatic carbocycles. The van der Waals surface area contributed by atoms with Gasteiger partial charge in [0.2, 0.25) is 0 Å². The zero-order valence-electron chi connectivity index (χ0n) is 12.2. The van der Waals surface area contributed by atoms with Crippen LogP contribution >= 0.6 is 8.60 Å². The number of hydrogen-bond donors (Lipinski definition) is 1. The molecule has 0 aromatic heterocycles. The lowest BCUT2D eigenvalue weighted by Crippen LogP contribution is -2.53. The molecule has 3 nitrogen and oxygen atoms in total. The van der Waals surface area contributed by atoms with Gasteiger partial charge in [-0.3, -0.25) is 4.52 Å². The van der Waals surface area contributed by atoms with Crippen LogP contribution in [0.4, 0.5) is 0 Å². The molecule has 0 saturated heterocycles. The number of para-hydroxylation sites is 1. The van der Waals surface area contributed by atoms with E-state index in [1.807, 2.05) is 18.2 Å². The molecule has 2 bridgehead atoms. The first-order valence-electron chi connectivity index (χ1n) is 7.36. The van der Waals surface area contributed by atoms with Crippen molar-refractivity contribution < 1.29 is 13.9 Å². The molecule has 20 heavy (non-hydrogen) atoms. The summed E-state index contributed by atoms with van der Waals surface area (Å²) in [4.78, 5) is 10.2. The summed E-state index contributed by atoms with van der Waals surface area (Å²) in [5, 5.41) is 0. The first-order valence-corrected chi connectivity index (χ1v) is 8.49. The summed E-state index contributed by atoms with van der Waals surface area (Å²) < 4.78 is 11.8. The van der Waals surface area contributed by atoms with Crippen LogP contribution in [0.15, 0.2) is 24.3 Å². The van der Waals surface area contributed by atoms with Crippen molar-refractivity contribution in [3.05, 3.63) is 29.8 Å². The molecular formula is C16H21O3P. The van der Waals surface area contributed by atoms with Crippen LogP contribution in [0.25, 0.3) is 0 Å². The lowest BCUT2D eigenvalue weighted by atomic mass is 9.57. The summed E-state index contributed by atoms with van der Waals surface area (Å²) >= 11 is 0. The van der Waals surface area contributed by atoms with Gasteiger partial charge in [-0.2, -0.15) is 0 Å². The van der Waals surface area contributed by atoms with E-state index in [0.29, 0.717) is 5.92 Å². The molecular weight excluding hydrogens is 271 g/mol. The fraction of sp³-hybridized carbons (Fsp3) is 0.625. The van der Waals surface area contributed by atoms with Crippen LogP contribution in [0, 0.1) is 16.7 Å². The molecule has 0 radical (unpaired) electrons. The molecule has 1 heterocycles. The van der Waals surface area contributed by atoms with Crippen LogP contribution < -0.4 is 4.52 Å². The molecule has 1 spiro atoms. The van der Waals surface area contributed by atoms with Gasteiger partial charge in [-0.05, 0) is 31.2 Å². The molecule has 1 aromatic carbocycles. The second kappa shape index (κ2) is 3.76. The smallest absolute Gasteiger partial charge is 0.395 e. The molecule has 4 rings (SSSR count). The average molecular weight is 292 g/mol. The van der Waals surface area contributed by atoms with E-state index in [0.717, 1.165) is 11.3 Å². The Morgan fingerprint density at radius 2 is 2.00 bits per heavy atom. The predicted molar refractivity (Wildman–Crippen MR) is 78.2 cm³/mol. The highest BCUT2D eigenvalue weighted by molar-refractivity contribution is 7.41. The Hall–Kier alpha value is -0.630. The third-order valence-electron chi connectivity index (χ3n) is 6.18. The van der Waals surface area contributed by atoms with Crippen molar-refractivity contribution in [1.82, 2.24) is 0 Å². The van der Waals surface area contributed by atoms with Gasteiger partial charge in [0.05, 0.1) is 0 Å². The Bertz CT molecular complexity index is 566. The molecule has 4 heteroatoms. The van der Waals surface area contributed by atoms with Crippen LogP contribution in [0.2, 0.25) is 0 Å². The lowest BCUT2D eigenvalue weighted by molar-refractivity contribution is -0.140. The van der Waals surface area contributed by atoms with Crippen molar-refractivity contribution in [1.29, 1.82) is 0 Å². The van der Waals surface area contributed by atoms with E-state index < -0.39 is 14.2 Å². The quantitative estimate of drug-likeness (QED) is 0.722. The van der Waals surface area contributed by atoms with Crippen molar-refractivity contribution in [3.8, 4) is 5.75 Å². The Morgan fingerprint density at radius 3 is 2.70 bits per heavy atom. The maximum absolute atomic E-state index is 10.2. The molecule has 2 fully saturated rings. The molecule has 1 aromatic rings. The maximum Gasteiger partial charge on any atom is 0.395 e. The van der Waals surface area contributed by atoms with E-state index in [4.69, 9.17) is 9.05 Å². The molecule has 1 N–H and O–H groups in total. The Labute approximate surface area is 121 Å². The van der Waals surface area contributed by atoms with E-state index in [-0.39, 0.29) is 10.8 Å². The van der Waals surface area contributed by atoms with Crippen molar-refractivity contribution in [3.63, 3.8) is 0 Å². The summed E-state index contributed by atoms with van der Waals surface area (Å²) in [5.74, 6) is 1.45. The van der Waals surface area contributed by atoms with E-state index in [1.165, 1.54) is 19.3 Å². The molecule has 2 saturated carbocycles. The monoisotopic (exact) mass is 292 g/mol. The van der Waals surface area contributed by atoms with Crippen LogP contribution in [0.1, 0.15) is 45.6 Å². The second-order valence-corrected chi connectivity index (χ2v) is 8.16. The summed E-state index contributed by atoms with van der Waals surface area (Å²) in [6.45, 7) is 6.92. The third-order valence-corrected chi connectivity index (χ3v) is 6.96. The largest absolute Gasteiger partial charge is 0.426 e. The summed E-state index contributed by atoms with van der Waals surface area (Å²) in [7, 11) is -1.84. The zero-order valence-corrected chi connectivity index (χ0v) is 13.1. The Morgan fingerprint density at radius 1 is 1.25 bits per heavy atom. The molecule has 1 aliphatic heterocycles. The van der Waals surface area contributed by atoms with Gasteiger partial charge in [-0.15, -0.1) is 0 Å². The highest BCUT2D eigenvalue weighted by Crippen LogP contribution is 2.77. The van der Waals surface area contributed by atoms with Crippen molar-refractivity contribution in [2.24, 2.45) is 16.7 Å². The first-order chi connectivity index (χ1) is 9.41. The first kappa shape index (κ1) is 13.1. The Balaban J connectivity index is 2.00. The van der Waals surface area contributed by atoms with E-state index in [1.54, 1.807) is 0 Å². The van der Waals surface area contributed by atoms with Crippen LogP contribution in [-0.2, 0) is 10.1 Å². The Kier molecular flexibility index (Phi) is 2.46. The topological polar surface area (TPSA) is 38.7 Å². The van der Waals surface area contributed by atoms with Gasteiger partial charge in [0.25, 0.3) is 0 Å². The van der Waals surface area contributed by atoms with Gasteiger partial charge in [-0.25, -0.2) is 0 Å². The molecule has 0 amide bonds. The highest BCUT2D eigenvalue weighted by atomic mass is 31.2. The van der Waals surface area contributed by atoms with Crippen molar-refractivity contribution >= 4 is 8.60 Å². The summed E-state index contributed by atoms with van der Waals surface area (Å²) in [6.07, 6.45) is 3.61. The fourth-order valence-electron chi connectivity index (χ4n) is 5.25. The number of hydrogen-bond acceptors (Lipinski definition) is 3. The third kappa shape index (κ3) is 1.28. The van der Waals surface area contributed by atoms with Gasteiger partial charge >= 0.3 is 8.60 Å². The summed E-state index contributed by atoms with van der Waals surface area (Å²) in [5.41, 5.74) is 0.814. The minimum Gasteiger partial charge on any atom is -0.426 e. The molecule has 0 unspecified atom stereocenters. The van der Waals surface area contributed by atoms with Crippen LogP contribution in [-0.4, -0.2) is 4.89 Å². The number of fused-ring (bicyclic) bond motifs is 5. The van der Waals surface area contributed by atoms with Gasteiger partial charge < -0.3 is 9.42 Å². The van der Waals surface area contributed by atoms with Crippen molar-refractivity contribution in [2.75, 3.05) is 0 Å². The standard InChI is InChI=1S/C16H21O3P/c1-14(2)11-8-9-15(3,10-11)16(14)12-6-4-5-7-13(12)18-20(17)19-16/h4-7,11,17H,8-10H2,1-3H3/t11-,15+,16-,20-/m0/s1. The predicted octanol–water partition coefficient (Wildman–Crippen LogP) is 4.36. The average Bonchev–Trinajstić information content (AvgIpc) is 2.86. The van der Waals surface area contributed by atoms with Gasteiger partial charge in [0.15, 0.2) is 0 Å². The minimum atomic E-state index is -1.84. The van der Waals surface area contributed by atoms with Gasteiger partial charge in [0.1, 0.15) is 11.4 Å². The molecule has 4 atom stereocenters. The normalized spacial score (nSPS) is 44.4. The highest BCUT2D eigenvalue weighted by Gasteiger charge is 2.73. The van der Waals surface area contributed by atoms with Gasteiger partial charge in [0, 0.05) is 16.4 Å². The fourth-order valence-corrected chi connectivity index (χ4v) is 6.40. The number of benzene rings is 1. The van der Waals surface area contributed by atoms with Gasteiger partial charge in [-0.1, -0.05) is 39.0 Å². The second-order valence-electron chi connectivity index (χ2n) is 7.32.